The van der Waals surface area contributed by atoms with E-state index in [0.717, 1.165) is 30.1 Å². The maximum Gasteiger partial charge on any atom is 0.128 e. The third kappa shape index (κ3) is 2.43. The summed E-state index contributed by atoms with van der Waals surface area (Å²) in [5.74, 6) is 2.10. The molecule has 1 aliphatic rings. The highest BCUT2D eigenvalue weighted by molar-refractivity contribution is 5.49. The fourth-order valence-electron chi connectivity index (χ4n) is 2.57. The summed E-state index contributed by atoms with van der Waals surface area (Å²) in [5.41, 5.74) is 2.35. The van der Waals surface area contributed by atoms with E-state index in [1.54, 1.807) is 6.26 Å². The van der Waals surface area contributed by atoms with Gasteiger partial charge in [0.15, 0.2) is 0 Å². The zero-order chi connectivity index (χ0) is 13.2. The highest BCUT2D eigenvalue weighted by Gasteiger charge is 2.22. The van der Waals surface area contributed by atoms with E-state index in [4.69, 9.17) is 4.42 Å². The molecule has 0 bridgehead atoms. The number of anilines is 2. The zero-order valence-electron chi connectivity index (χ0n) is 11.4. The van der Waals surface area contributed by atoms with Gasteiger partial charge in [-0.25, -0.2) is 4.98 Å². The molecule has 0 saturated heterocycles. The molecule has 0 saturated carbocycles. The van der Waals surface area contributed by atoms with Crippen molar-refractivity contribution in [3.63, 3.8) is 0 Å². The molecule has 0 spiro atoms. The Morgan fingerprint density at radius 1 is 1.32 bits per heavy atom. The monoisotopic (exact) mass is 257 g/mol. The Balaban J connectivity index is 1.76. The Hall–Kier alpha value is -1.97. The van der Waals surface area contributed by atoms with Crippen LogP contribution in [0.2, 0.25) is 0 Å². The molecule has 100 valence electrons. The van der Waals surface area contributed by atoms with Crippen molar-refractivity contribution in [3.05, 3.63) is 42.0 Å². The molecule has 3 rings (SSSR count). The first kappa shape index (κ1) is 12.1. The number of nitrogens with one attached hydrogen (secondary N) is 1. The second kappa shape index (κ2) is 4.96. The third-order valence-corrected chi connectivity index (χ3v) is 3.60. The molecule has 1 N–H and O–H groups in total. The predicted molar refractivity (Wildman–Crippen MR) is 76.6 cm³/mol. The average molecular weight is 257 g/mol. The molecule has 0 fully saturated rings. The summed E-state index contributed by atoms with van der Waals surface area (Å²) in [6.45, 7) is 0. The molecule has 1 aliphatic carbocycles. The van der Waals surface area contributed by atoms with Gasteiger partial charge in [-0.15, -0.1) is 0 Å². The molecule has 2 aromatic heterocycles. The van der Waals surface area contributed by atoms with Crippen molar-refractivity contribution in [2.45, 2.75) is 25.3 Å². The van der Waals surface area contributed by atoms with Crippen molar-refractivity contribution in [3.8, 4) is 0 Å². The number of furan rings is 1. The first-order chi connectivity index (χ1) is 9.24. The van der Waals surface area contributed by atoms with Crippen molar-refractivity contribution in [1.82, 2.24) is 4.98 Å². The standard InChI is InChI=1S/C15H19N3O/c1-18(2)15-7-6-11(10-16-15)17-13-4-3-5-14-12(13)8-9-19-14/h6-10,13,17H,3-5H2,1-2H3. The number of hydrogen-bond donors (Lipinski definition) is 1. The van der Waals surface area contributed by atoms with Gasteiger partial charge >= 0.3 is 0 Å². The molecule has 0 aliphatic heterocycles. The van der Waals surface area contributed by atoms with Gasteiger partial charge in [0.2, 0.25) is 0 Å². The number of aromatic nitrogens is 1. The topological polar surface area (TPSA) is 41.3 Å². The van der Waals surface area contributed by atoms with Gasteiger partial charge in [0.05, 0.1) is 24.2 Å². The molecule has 0 radical (unpaired) electrons. The quantitative estimate of drug-likeness (QED) is 0.916. The molecule has 0 amide bonds. The van der Waals surface area contributed by atoms with Crippen LogP contribution in [0.15, 0.2) is 35.1 Å². The van der Waals surface area contributed by atoms with Gasteiger partial charge < -0.3 is 14.6 Å². The minimum absolute atomic E-state index is 0.342. The Bertz CT molecular complexity index is 545. The Kier molecular flexibility index (Phi) is 3.15. The normalized spacial score (nSPS) is 17.9. The number of hydrogen-bond acceptors (Lipinski definition) is 4. The van der Waals surface area contributed by atoms with E-state index in [0.29, 0.717) is 6.04 Å². The molecular weight excluding hydrogens is 238 g/mol. The summed E-state index contributed by atoms with van der Waals surface area (Å²) < 4.78 is 5.51. The molecular formula is C15H19N3O. The first-order valence-electron chi connectivity index (χ1n) is 6.70. The zero-order valence-corrected chi connectivity index (χ0v) is 11.4. The molecule has 4 heteroatoms. The molecule has 2 heterocycles. The van der Waals surface area contributed by atoms with E-state index >= 15 is 0 Å². The van der Waals surface area contributed by atoms with Crippen LogP contribution in [0.5, 0.6) is 0 Å². The summed E-state index contributed by atoms with van der Waals surface area (Å²) in [6.07, 6.45) is 7.05. The minimum Gasteiger partial charge on any atom is -0.469 e. The van der Waals surface area contributed by atoms with Crippen molar-refractivity contribution >= 4 is 11.5 Å². The van der Waals surface area contributed by atoms with E-state index in [1.807, 2.05) is 31.3 Å². The van der Waals surface area contributed by atoms with Crippen molar-refractivity contribution in [2.24, 2.45) is 0 Å². The van der Waals surface area contributed by atoms with Gasteiger partial charge in [0.1, 0.15) is 11.6 Å². The average Bonchev–Trinajstić information content (AvgIpc) is 2.89. The lowest BCUT2D eigenvalue weighted by Gasteiger charge is -2.23. The van der Waals surface area contributed by atoms with Crippen LogP contribution in [-0.4, -0.2) is 19.1 Å². The Morgan fingerprint density at radius 3 is 2.95 bits per heavy atom. The molecule has 19 heavy (non-hydrogen) atoms. The highest BCUT2D eigenvalue weighted by atomic mass is 16.3. The predicted octanol–water partition coefficient (Wildman–Crippen LogP) is 3.23. The first-order valence-corrected chi connectivity index (χ1v) is 6.70. The Labute approximate surface area is 113 Å². The molecule has 1 atom stereocenters. The van der Waals surface area contributed by atoms with E-state index in [2.05, 4.69) is 22.4 Å². The SMILES string of the molecule is CN(C)c1ccc(NC2CCCc3occc32)cn1. The van der Waals surface area contributed by atoms with Gasteiger partial charge in [-0.3, -0.25) is 0 Å². The molecule has 2 aromatic rings. The van der Waals surface area contributed by atoms with Gasteiger partial charge in [-0.1, -0.05) is 0 Å². The summed E-state index contributed by atoms with van der Waals surface area (Å²) >= 11 is 0. The maximum absolute atomic E-state index is 5.51. The van der Waals surface area contributed by atoms with Gasteiger partial charge in [-0.05, 0) is 31.0 Å². The van der Waals surface area contributed by atoms with Crippen LogP contribution in [0.4, 0.5) is 11.5 Å². The lowest BCUT2D eigenvalue weighted by atomic mass is 9.93. The molecule has 0 aromatic carbocycles. The summed E-state index contributed by atoms with van der Waals surface area (Å²) in [4.78, 5) is 6.43. The number of pyridine rings is 1. The number of aryl methyl sites for hydroxylation is 1. The van der Waals surface area contributed by atoms with Crippen molar-refractivity contribution in [1.29, 1.82) is 0 Å². The lowest BCUT2D eigenvalue weighted by Crippen LogP contribution is -2.16. The Morgan fingerprint density at radius 2 is 2.21 bits per heavy atom. The smallest absolute Gasteiger partial charge is 0.128 e. The van der Waals surface area contributed by atoms with Crippen LogP contribution >= 0.6 is 0 Å². The molecule has 4 nitrogen and oxygen atoms in total. The van der Waals surface area contributed by atoms with E-state index in [-0.39, 0.29) is 0 Å². The largest absolute Gasteiger partial charge is 0.469 e. The minimum atomic E-state index is 0.342. The van der Waals surface area contributed by atoms with Crippen LogP contribution in [0.3, 0.4) is 0 Å². The lowest BCUT2D eigenvalue weighted by molar-refractivity contribution is 0.461. The fourth-order valence-corrected chi connectivity index (χ4v) is 2.57. The van der Waals surface area contributed by atoms with Crippen LogP contribution in [0.1, 0.15) is 30.2 Å². The van der Waals surface area contributed by atoms with E-state index in [9.17, 15) is 0 Å². The van der Waals surface area contributed by atoms with Gasteiger partial charge in [0, 0.05) is 26.1 Å². The summed E-state index contributed by atoms with van der Waals surface area (Å²) in [6, 6.07) is 6.53. The van der Waals surface area contributed by atoms with Gasteiger partial charge in [0.25, 0.3) is 0 Å². The van der Waals surface area contributed by atoms with Crippen molar-refractivity contribution < 1.29 is 4.42 Å². The number of nitrogens with zero attached hydrogens (tertiary/aromatic N) is 2. The number of rotatable bonds is 3. The summed E-state index contributed by atoms with van der Waals surface area (Å²) in [5, 5.41) is 3.55. The maximum atomic E-state index is 5.51. The van der Waals surface area contributed by atoms with Crippen LogP contribution in [0.25, 0.3) is 0 Å². The van der Waals surface area contributed by atoms with E-state index < -0.39 is 0 Å². The third-order valence-electron chi connectivity index (χ3n) is 3.60. The second-order valence-electron chi connectivity index (χ2n) is 5.19. The molecule has 1 unspecified atom stereocenters. The van der Waals surface area contributed by atoms with Crippen molar-refractivity contribution in [2.75, 3.05) is 24.3 Å². The highest BCUT2D eigenvalue weighted by Crippen LogP contribution is 2.33. The van der Waals surface area contributed by atoms with Crippen LogP contribution in [0, 0.1) is 0 Å². The number of fused-ring (bicyclic) bond motifs is 1. The van der Waals surface area contributed by atoms with Crippen LogP contribution in [-0.2, 0) is 6.42 Å². The van der Waals surface area contributed by atoms with Crippen LogP contribution < -0.4 is 10.2 Å². The summed E-state index contributed by atoms with van der Waals surface area (Å²) in [7, 11) is 3.99. The van der Waals surface area contributed by atoms with Gasteiger partial charge in [-0.2, -0.15) is 0 Å². The van der Waals surface area contributed by atoms with E-state index in [1.165, 1.54) is 12.0 Å². The fraction of sp³-hybridized carbons (Fsp3) is 0.400. The second-order valence-corrected chi connectivity index (χ2v) is 5.19.